The first-order valence-electron chi connectivity index (χ1n) is 7.23. The van der Waals surface area contributed by atoms with Gasteiger partial charge in [-0.05, 0) is 12.1 Å². The van der Waals surface area contributed by atoms with Crippen molar-refractivity contribution >= 4 is 22.8 Å². The summed E-state index contributed by atoms with van der Waals surface area (Å²) < 4.78 is 0. The van der Waals surface area contributed by atoms with E-state index in [1.165, 1.54) is 6.20 Å². The van der Waals surface area contributed by atoms with Crippen LogP contribution in [0.4, 0.5) is 10.6 Å². The van der Waals surface area contributed by atoms with Gasteiger partial charge >= 0.3 is 6.09 Å². The number of para-hydroxylation sites is 1. The van der Waals surface area contributed by atoms with E-state index in [2.05, 4.69) is 25.6 Å². The Morgan fingerprint density at radius 3 is 2.92 bits per heavy atom. The summed E-state index contributed by atoms with van der Waals surface area (Å²) in [5.74, 6) is 0.467. The Kier molecular flexibility index (Phi) is 4.25. The average Bonchev–Trinajstić information content (AvgIpc) is 3.02. The van der Waals surface area contributed by atoms with E-state index in [1.807, 2.05) is 36.4 Å². The van der Waals surface area contributed by atoms with Crippen LogP contribution in [0.25, 0.3) is 22.3 Å². The highest BCUT2D eigenvalue weighted by atomic mass is 16.4. The number of amides is 1. The van der Waals surface area contributed by atoms with Crippen LogP contribution in [0.3, 0.4) is 0 Å². The van der Waals surface area contributed by atoms with Crippen molar-refractivity contribution in [3.05, 3.63) is 42.2 Å². The number of benzene rings is 1. The first-order chi connectivity index (χ1) is 11.7. The van der Waals surface area contributed by atoms with E-state index in [9.17, 15) is 10.1 Å². The molecule has 3 rings (SSSR count). The van der Waals surface area contributed by atoms with Crippen molar-refractivity contribution in [1.29, 1.82) is 5.26 Å². The van der Waals surface area contributed by atoms with Crippen molar-refractivity contribution in [2.45, 2.75) is 0 Å². The second-order valence-corrected chi connectivity index (χ2v) is 4.99. The first kappa shape index (κ1) is 15.3. The molecule has 8 heteroatoms. The Balaban J connectivity index is 1.87. The van der Waals surface area contributed by atoms with Gasteiger partial charge < -0.3 is 20.7 Å². The lowest BCUT2D eigenvalue weighted by Gasteiger charge is -2.07. The maximum absolute atomic E-state index is 10.4. The average molecular weight is 322 g/mol. The molecule has 0 aliphatic rings. The van der Waals surface area contributed by atoms with E-state index in [4.69, 9.17) is 5.11 Å². The summed E-state index contributed by atoms with van der Waals surface area (Å²) in [6.45, 7) is 0.595. The summed E-state index contributed by atoms with van der Waals surface area (Å²) in [6.07, 6.45) is 0.368. The van der Waals surface area contributed by atoms with Crippen molar-refractivity contribution < 1.29 is 9.90 Å². The van der Waals surface area contributed by atoms with Crippen molar-refractivity contribution in [2.75, 3.05) is 18.4 Å². The van der Waals surface area contributed by atoms with Crippen LogP contribution >= 0.6 is 0 Å². The molecule has 8 nitrogen and oxygen atoms in total. The minimum Gasteiger partial charge on any atom is -0.465 e. The number of hydrogen-bond donors (Lipinski definition) is 4. The van der Waals surface area contributed by atoms with Gasteiger partial charge in [-0.3, -0.25) is 0 Å². The number of fused-ring (bicyclic) bond motifs is 1. The van der Waals surface area contributed by atoms with Gasteiger partial charge in [0.1, 0.15) is 17.6 Å². The zero-order valence-electron chi connectivity index (χ0n) is 12.6. The summed E-state index contributed by atoms with van der Waals surface area (Å²) in [7, 11) is 0. The quantitative estimate of drug-likeness (QED) is 0.533. The monoisotopic (exact) mass is 322 g/mol. The van der Waals surface area contributed by atoms with E-state index in [-0.39, 0.29) is 12.2 Å². The molecule has 3 aromatic rings. The number of H-pyrrole nitrogens is 1. The largest absolute Gasteiger partial charge is 0.465 e. The lowest BCUT2D eigenvalue weighted by molar-refractivity contribution is 0.195. The molecular weight excluding hydrogens is 308 g/mol. The highest BCUT2D eigenvalue weighted by Gasteiger charge is 2.12. The zero-order valence-corrected chi connectivity index (χ0v) is 12.6. The lowest BCUT2D eigenvalue weighted by Crippen LogP contribution is -2.27. The van der Waals surface area contributed by atoms with E-state index in [1.54, 1.807) is 0 Å². The van der Waals surface area contributed by atoms with E-state index in [0.29, 0.717) is 23.8 Å². The second-order valence-electron chi connectivity index (χ2n) is 4.99. The van der Waals surface area contributed by atoms with Gasteiger partial charge in [0.2, 0.25) is 0 Å². The van der Waals surface area contributed by atoms with Crippen LogP contribution in [0.15, 0.2) is 36.5 Å². The third kappa shape index (κ3) is 3.25. The van der Waals surface area contributed by atoms with Gasteiger partial charge in [-0.25, -0.2) is 14.8 Å². The number of nitrogens with one attached hydrogen (secondary N) is 3. The Labute approximate surface area is 137 Å². The van der Waals surface area contributed by atoms with Crippen LogP contribution in [0.5, 0.6) is 0 Å². The van der Waals surface area contributed by atoms with E-state index < -0.39 is 6.09 Å². The lowest BCUT2D eigenvalue weighted by atomic mass is 10.2. The molecule has 1 aromatic carbocycles. The number of rotatable bonds is 5. The molecule has 24 heavy (non-hydrogen) atoms. The van der Waals surface area contributed by atoms with Crippen LogP contribution in [0, 0.1) is 11.3 Å². The number of aromatic amines is 1. The van der Waals surface area contributed by atoms with Crippen molar-refractivity contribution in [1.82, 2.24) is 20.3 Å². The molecule has 2 heterocycles. The summed E-state index contributed by atoms with van der Waals surface area (Å²) >= 11 is 0. The molecule has 0 atom stereocenters. The smallest absolute Gasteiger partial charge is 0.404 e. The van der Waals surface area contributed by atoms with E-state index in [0.717, 1.165) is 10.9 Å². The van der Waals surface area contributed by atoms with Crippen LogP contribution in [-0.4, -0.2) is 39.2 Å². The van der Waals surface area contributed by atoms with Crippen molar-refractivity contribution in [2.24, 2.45) is 0 Å². The fourth-order valence-electron chi connectivity index (χ4n) is 2.30. The Bertz CT molecular complexity index is 895. The standard InChI is InChI=1S/C16H14N6O2/c17-8-13-15(12-7-10-3-1-2-4-11(10)21-12)22-14(9-20-13)18-5-6-19-16(23)24/h1-4,7,9,19,21H,5-6H2,(H,18,22)(H,23,24). The minimum absolute atomic E-state index is 0.218. The number of nitrogens with zero attached hydrogens (tertiary/aromatic N) is 3. The van der Waals surface area contributed by atoms with E-state index >= 15 is 0 Å². The topological polar surface area (TPSA) is 127 Å². The third-order valence-electron chi connectivity index (χ3n) is 3.37. The highest BCUT2D eigenvalue weighted by Crippen LogP contribution is 2.25. The molecule has 2 aromatic heterocycles. The molecule has 0 fully saturated rings. The fraction of sp³-hybridized carbons (Fsp3) is 0.125. The number of hydrogen-bond acceptors (Lipinski definition) is 5. The predicted molar refractivity (Wildman–Crippen MR) is 88.6 cm³/mol. The first-order valence-corrected chi connectivity index (χ1v) is 7.23. The highest BCUT2D eigenvalue weighted by molar-refractivity contribution is 5.85. The number of carbonyl (C=O) groups is 1. The molecule has 1 amide bonds. The normalized spacial score (nSPS) is 10.3. The second kappa shape index (κ2) is 6.66. The van der Waals surface area contributed by atoms with Gasteiger partial charge in [0, 0.05) is 24.0 Å². The maximum Gasteiger partial charge on any atom is 0.404 e. The van der Waals surface area contributed by atoms with Crippen molar-refractivity contribution in [3.8, 4) is 17.5 Å². The molecule has 0 radical (unpaired) electrons. The molecule has 0 saturated heterocycles. The third-order valence-corrected chi connectivity index (χ3v) is 3.37. The molecule has 0 aliphatic heterocycles. The molecule has 4 N–H and O–H groups in total. The molecule has 0 spiro atoms. The summed E-state index contributed by atoms with van der Waals surface area (Å²) in [6, 6.07) is 11.7. The Morgan fingerprint density at radius 1 is 1.33 bits per heavy atom. The molecule has 120 valence electrons. The Hall–Kier alpha value is -3.60. The van der Waals surface area contributed by atoms with Crippen LogP contribution < -0.4 is 10.6 Å². The number of aromatic nitrogens is 3. The SMILES string of the molecule is N#Cc1ncc(NCCNC(=O)O)nc1-c1cc2ccccc2[nH]1. The minimum atomic E-state index is -1.08. The van der Waals surface area contributed by atoms with Gasteiger partial charge in [-0.2, -0.15) is 5.26 Å². The molecular formula is C16H14N6O2. The zero-order chi connectivity index (χ0) is 16.9. The Morgan fingerprint density at radius 2 is 2.17 bits per heavy atom. The molecule has 0 unspecified atom stereocenters. The summed E-state index contributed by atoms with van der Waals surface area (Å²) in [5.41, 5.74) is 2.32. The van der Waals surface area contributed by atoms with Crippen LogP contribution in [-0.2, 0) is 0 Å². The summed E-state index contributed by atoms with van der Waals surface area (Å²) in [4.78, 5) is 22.2. The number of anilines is 1. The number of nitriles is 1. The van der Waals surface area contributed by atoms with Crippen LogP contribution in [0.2, 0.25) is 0 Å². The maximum atomic E-state index is 10.4. The van der Waals surface area contributed by atoms with Gasteiger partial charge in [-0.15, -0.1) is 0 Å². The van der Waals surface area contributed by atoms with Gasteiger partial charge in [0.25, 0.3) is 0 Å². The van der Waals surface area contributed by atoms with Gasteiger partial charge in [0.15, 0.2) is 5.69 Å². The van der Waals surface area contributed by atoms with Crippen LogP contribution in [0.1, 0.15) is 5.69 Å². The number of carboxylic acid groups (broad SMARTS) is 1. The predicted octanol–water partition coefficient (Wildman–Crippen LogP) is 2.18. The van der Waals surface area contributed by atoms with Crippen molar-refractivity contribution in [3.63, 3.8) is 0 Å². The van der Waals surface area contributed by atoms with Gasteiger partial charge in [0.05, 0.1) is 11.9 Å². The summed E-state index contributed by atoms with van der Waals surface area (Å²) in [5, 5.41) is 24.0. The molecule has 0 saturated carbocycles. The van der Waals surface area contributed by atoms with Gasteiger partial charge in [-0.1, -0.05) is 18.2 Å². The molecule has 0 bridgehead atoms. The molecule has 0 aliphatic carbocycles. The fourth-order valence-corrected chi connectivity index (χ4v) is 2.30.